The highest BCUT2D eigenvalue weighted by atomic mass is 16.6. The predicted molar refractivity (Wildman–Crippen MR) is 110 cm³/mol. The summed E-state index contributed by atoms with van der Waals surface area (Å²) in [5, 5.41) is 13.8. The third kappa shape index (κ3) is 6.62. The normalized spacial score (nSPS) is 16.9. The average molecular weight is 406 g/mol. The molecular formula is C20H30N4O5. The van der Waals surface area contributed by atoms with Crippen LogP contribution in [0.15, 0.2) is 18.2 Å². The van der Waals surface area contributed by atoms with E-state index in [9.17, 15) is 19.7 Å². The molecule has 0 spiro atoms. The van der Waals surface area contributed by atoms with Crippen molar-refractivity contribution in [2.24, 2.45) is 5.92 Å². The molecule has 1 saturated heterocycles. The van der Waals surface area contributed by atoms with E-state index < -0.39 is 10.5 Å². The number of nitrogens with zero attached hydrogens (tertiary/aromatic N) is 3. The molecule has 1 N–H and O–H groups in total. The molecule has 29 heavy (non-hydrogen) atoms. The average Bonchev–Trinajstić information content (AvgIpc) is 2.62. The molecule has 0 bridgehead atoms. The molecule has 1 atom stereocenters. The zero-order chi connectivity index (χ0) is 21.8. The van der Waals surface area contributed by atoms with Crippen LogP contribution in [-0.2, 0) is 4.74 Å². The van der Waals surface area contributed by atoms with Crippen LogP contribution in [0.2, 0.25) is 0 Å². The number of nitrogens with one attached hydrogen (secondary N) is 1. The van der Waals surface area contributed by atoms with E-state index in [4.69, 9.17) is 4.74 Å². The number of piperidine rings is 1. The van der Waals surface area contributed by atoms with Gasteiger partial charge in [-0.2, -0.15) is 0 Å². The number of anilines is 1. The van der Waals surface area contributed by atoms with Gasteiger partial charge in [-0.25, -0.2) is 9.59 Å². The Bertz CT molecular complexity index is 775. The Morgan fingerprint density at radius 3 is 2.69 bits per heavy atom. The van der Waals surface area contributed by atoms with Crippen molar-refractivity contribution in [3.8, 4) is 0 Å². The molecule has 1 aliphatic heterocycles. The van der Waals surface area contributed by atoms with Crippen molar-refractivity contribution in [1.29, 1.82) is 0 Å². The van der Waals surface area contributed by atoms with Gasteiger partial charge in [-0.05, 0) is 52.0 Å². The first-order chi connectivity index (χ1) is 13.5. The van der Waals surface area contributed by atoms with E-state index in [1.165, 1.54) is 12.1 Å². The minimum absolute atomic E-state index is 0.0681. The number of nitro groups is 1. The zero-order valence-corrected chi connectivity index (χ0v) is 17.7. The van der Waals surface area contributed by atoms with E-state index in [1.807, 2.05) is 20.8 Å². The van der Waals surface area contributed by atoms with Gasteiger partial charge in [0.2, 0.25) is 0 Å². The highest BCUT2D eigenvalue weighted by molar-refractivity contribution is 5.90. The van der Waals surface area contributed by atoms with Crippen molar-refractivity contribution in [2.45, 2.75) is 46.1 Å². The first kappa shape index (κ1) is 22.4. The maximum Gasteiger partial charge on any atom is 0.410 e. The fourth-order valence-electron chi connectivity index (χ4n) is 3.25. The number of amides is 3. The fourth-order valence-corrected chi connectivity index (χ4v) is 3.25. The Morgan fingerprint density at radius 2 is 2.07 bits per heavy atom. The highest BCUT2D eigenvalue weighted by Crippen LogP contribution is 2.24. The van der Waals surface area contributed by atoms with Crippen molar-refractivity contribution in [3.63, 3.8) is 0 Å². The quantitative estimate of drug-likeness (QED) is 0.601. The molecule has 1 unspecified atom stereocenters. The van der Waals surface area contributed by atoms with Crippen LogP contribution in [0.3, 0.4) is 0 Å². The SMILES string of the molecule is Cc1ccc([N+](=O)[O-])cc1NC(=O)N1CCCC(CN(C)C(=O)OC(C)(C)C)C1. The van der Waals surface area contributed by atoms with Crippen molar-refractivity contribution in [2.75, 3.05) is 32.0 Å². The summed E-state index contributed by atoms with van der Waals surface area (Å²) in [5.74, 6) is 0.137. The van der Waals surface area contributed by atoms with Crippen LogP contribution in [0, 0.1) is 23.0 Å². The molecule has 1 aliphatic rings. The summed E-state index contributed by atoms with van der Waals surface area (Å²) in [7, 11) is 1.69. The van der Waals surface area contributed by atoms with Crippen LogP contribution >= 0.6 is 0 Å². The third-order valence-corrected chi connectivity index (χ3v) is 4.72. The Balaban J connectivity index is 1.96. The van der Waals surface area contributed by atoms with Crippen molar-refractivity contribution < 1.29 is 19.2 Å². The molecule has 160 valence electrons. The van der Waals surface area contributed by atoms with Crippen LogP contribution in [-0.4, -0.2) is 59.1 Å². The van der Waals surface area contributed by atoms with Gasteiger partial charge < -0.3 is 19.9 Å². The van der Waals surface area contributed by atoms with E-state index in [2.05, 4.69) is 5.32 Å². The van der Waals surface area contributed by atoms with E-state index >= 15 is 0 Å². The lowest BCUT2D eigenvalue weighted by Crippen LogP contribution is -2.46. The first-order valence-electron chi connectivity index (χ1n) is 9.71. The number of likely N-dealkylation sites (tertiary alicyclic amines) is 1. The molecule has 3 amide bonds. The zero-order valence-electron chi connectivity index (χ0n) is 17.7. The monoisotopic (exact) mass is 406 g/mol. The molecule has 1 heterocycles. The molecule has 0 aliphatic carbocycles. The number of benzene rings is 1. The number of nitro benzene ring substituents is 1. The molecule has 0 saturated carbocycles. The second-order valence-corrected chi connectivity index (χ2v) is 8.50. The van der Waals surface area contributed by atoms with E-state index in [0.717, 1.165) is 18.4 Å². The molecule has 9 heteroatoms. The Kier molecular flexibility index (Phi) is 7.05. The second-order valence-electron chi connectivity index (χ2n) is 8.50. The number of hydrogen-bond donors (Lipinski definition) is 1. The van der Waals surface area contributed by atoms with Gasteiger partial charge in [0.1, 0.15) is 5.60 Å². The van der Waals surface area contributed by atoms with Gasteiger partial charge >= 0.3 is 12.1 Å². The summed E-state index contributed by atoms with van der Waals surface area (Å²) >= 11 is 0. The van der Waals surface area contributed by atoms with Gasteiger partial charge in [0.25, 0.3) is 5.69 Å². The predicted octanol–water partition coefficient (Wildman–Crippen LogP) is 4.01. The summed E-state index contributed by atoms with van der Waals surface area (Å²) in [6.45, 7) is 8.85. The Hall–Kier alpha value is -2.84. The molecule has 9 nitrogen and oxygen atoms in total. The van der Waals surface area contributed by atoms with Gasteiger partial charge in [-0.3, -0.25) is 10.1 Å². The number of carbonyl (C=O) groups excluding carboxylic acids is 2. The van der Waals surface area contributed by atoms with Crippen molar-refractivity contribution in [1.82, 2.24) is 9.80 Å². The fraction of sp³-hybridized carbons (Fsp3) is 0.600. The summed E-state index contributed by atoms with van der Waals surface area (Å²) in [4.78, 5) is 38.6. The summed E-state index contributed by atoms with van der Waals surface area (Å²) in [6.07, 6.45) is 1.35. The van der Waals surface area contributed by atoms with Gasteiger partial charge in [0, 0.05) is 38.8 Å². The van der Waals surface area contributed by atoms with E-state index in [-0.39, 0.29) is 23.7 Å². The van der Waals surface area contributed by atoms with Crippen LogP contribution in [0.4, 0.5) is 21.0 Å². The molecule has 1 aromatic rings. The van der Waals surface area contributed by atoms with Crippen LogP contribution in [0.5, 0.6) is 0 Å². The smallest absolute Gasteiger partial charge is 0.410 e. The highest BCUT2D eigenvalue weighted by Gasteiger charge is 2.27. The van der Waals surface area contributed by atoms with Crippen LogP contribution in [0.1, 0.15) is 39.2 Å². The largest absolute Gasteiger partial charge is 0.444 e. The Morgan fingerprint density at radius 1 is 1.38 bits per heavy atom. The number of rotatable bonds is 4. The molecule has 2 rings (SSSR count). The summed E-state index contributed by atoms with van der Waals surface area (Å²) in [5.41, 5.74) is 0.556. The van der Waals surface area contributed by atoms with Gasteiger partial charge in [0.05, 0.1) is 10.6 Å². The van der Waals surface area contributed by atoms with Crippen molar-refractivity contribution >= 4 is 23.5 Å². The van der Waals surface area contributed by atoms with Crippen LogP contribution in [0.25, 0.3) is 0 Å². The van der Waals surface area contributed by atoms with Crippen LogP contribution < -0.4 is 5.32 Å². The molecule has 1 fully saturated rings. The van der Waals surface area contributed by atoms with Gasteiger partial charge in [-0.1, -0.05) is 6.07 Å². The lowest BCUT2D eigenvalue weighted by molar-refractivity contribution is -0.384. The molecule has 0 aromatic heterocycles. The topological polar surface area (TPSA) is 105 Å². The minimum atomic E-state index is -0.556. The summed E-state index contributed by atoms with van der Waals surface area (Å²) in [6, 6.07) is 4.10. The molecule has 0 radical (unpaired) electrons. The molecule has 1 aromatic carbocycles. The number of urea groups is 1. The Labute approximate surface area is 171 Å². The minimum Gasteiger partial charge on any atom is -0.444 e. The van der Waals surface area contributed by atoms with E-state index in [1.54, 1.807) is 29.8 Å². The summed E-state index contributed by atoms with van der Waals surface area (Å²) < 4.78 is 5.38. The van der Waals surface area contributed by atoms with E-state index in [0.29, 0.717) is 25.3 Å². The number of non-ortho nitro benzene ring substituents is 1. The van der Waals surface area contributed by atoms with Crippen molar-refractivity contribution in [3.05, 3.63) is 33.9 Å². The first-order valence-corrected chi connectivity index (χ1v) is 9.71. The molecular weight excluding hydrogens is 376 g/mol. The number of hydrogen-bond acceptors (Lipinski definition) is 5. The lowest BCUT2D eigenvalue weighted by atomic mass is 9.98. The maximum absolute atomic E-state index is 12.7. The second kappa shape index (κ2) is 9.11. The number of carbonyl (C=O) groups is 2. The third-order valence-electron chi connectivity index (χ3n) is 4.72. The van der Waals surface area contributed by atoms with Gasteiger partial charge in [-0.15, -0.1) is 0 Å². The lowest BCUT2D eigenvalue weighted by Gasteiger charge is -2.35. The number of aryl methyl sites for hydroxylation is 1. The maximum atomic E-state index is 12.7. The standard InChI is InChI=1S/C20H30N4O5/c1-14-8-9-16(24(27)28)11-17(14)21-18(25)23-10-6-7-15(13-23)12-22(5)19(26)29-20(2,3)4/h8-9,11,15H,6-7,10,12-13H2,1-5H3,(H,21,25). The number of ether oxygens (including phenoxy) is 1. The van der Waals surface area contributed by atoms with Gasteiger partial charge in [0.15, 0.2) is 0 Å².